The van der Waals surface area contributed by atoms with Crippen molar-refractivity contribution in [3.05, 3.63) is 65.0 Å². The topological polar surface area (TPSA) is 94.7 Å². The molecule has 1 N–H and O–H groups in total. The van der Waals surface area contributed by atoms with E-state index in [0.29, 0.717) is 15.9 Å². The van der Waals surface area contributed by atoms with E-state index < -0.39 is 0 Å². The zero-order valence-corrected chi connectivity index (χ0v) is 14.4. The summed E-state index contributed by atoms with van der Waals surface area (Å²) in [5.74, 6) is -0.171. The highest BCUT2D eigenvalue weighted by Gasteiger charge is 2.08. The number of aryl methyl sites for hydroxylation is 1. The smallest absolute Gasteiger partial charge is 0.262 e. The Hall–Kier alpha value is -3.33. The summed E-state index contributed by atoms with van der Waals surface area (Å²) in [5.41, 5.74) is 1.40. The molecular formula is C17H14N6O2S. The molecule has 0 bridgehead atoms. The van der Waals surface area contributed by atoms with Gasteiger partial charge in [0.15, 0.2) is 0 Å². The van der Waals surface area contributed by atoms with Gasteiger partial charge in [-0.3, -0.25) is 14.2 Å². The number of aromatic nitrogens is 5. The average molecular weight is 366 g/mol. The largest absolute Gasteiger partial charge is 0.326 e. The van der Waals surface area contributed by atoms with Crippen molar-refractivity contribution in [2.45, 2.75) is 13.0 Å². The second-order valence-electron chi connectivity index (χ2n) is 5.57. The van der Waals surface area contributed by atoms with Gasteiger partial charge < -0.3 is 5.32 Å². The lowest BCUT2D eigenvalue weighted by atomic mass is 10.2. The average Bonchev–Trinajstić information content (AvgIpc) is 3.34. The molecule has 0 atom stereocenters. The molecule has 0 saturated heterocycles. The third-order valence-electron chi connectivity index (χ3n) is 3.86. The standard InChI is InChI=1S/C17H14N6O2S/c24-15(5-7-22-11-19-16-14(17(22)25)6-8-26-16)21-12-1-3-13(4-2-12)23-10-18-9-20-23/h1-4,6,8-11H,5,7H2,(H,21,24). The summed E-state index contributed by atoms with van der Waals surface area (Å²) in [5, 5.41) is 9.28. The van der Waals surface area contributed by atoms with Gasteiger partial charge in [-0.15, -0.1) is 11.3 Å². The number of benzene rings is 1. The minimum Gasteiger partial charge on any atom is -0.326 e. The third-order valence-corrected chi connectivity index (χ3v) is 4.69. The summed E-state index contributed by atoms with van der Waals surface area (Å²) in [6.07, 6.45) is 4.73. The van der Waals surface area contributed by atoms with E-state index >= 15 is 0 Å². The van der Waals surface area contributed by atoms with Crippen LogP contribution in [0.3, 0.4) is 0 Å². The minimum absolute atomic E-state index is 0.124. The Balaban J connectivity index is 1.39. The molecule has 8 nitrogen and oxygen atoms in total. The molecule has 4 aromatic rings. The van der Waals surface area contributed by atoms with Crippen LogP contribution >= 0.6 is 11.3 Å². The first-order chi connectivity index (χ1) is 12.7. The van der Waals surface area contributed by atoms with Crippen molar-refractivity contribution in [2.75, 3.05) is 5.32 Å². The summed E-state index contributed by atoms with van der Waals surface area (Å²) in [6.45, 7) is 0.278. The Morgan fingerprint density at radius 1 is 1.15 bits per heavy atom. The van der Waals surface area contributed by atoms with Crippen LogP contribution in [-0.2, 0) is 11.3 Å². The van der Waals surface area contributed by atoms with Crippen molar-refractivity contribution in [1.82, 2.24) is 24.3 Å². The number of carbonyl (C=O) groups is 1. The molecule has 0 fully saturated rings. The molecule has 130 valence electrons. The van der Waals surface area contributed by atoms with E-state index in [2.05, 4.69) is 20.4 Å². The van der Waals surface area contributed by atoms with Gasteiger partial charge in [-0.2, -0.15) is 5.10 Å². The minimum atomic E-state index is -0.171. The highest BCUT2D eigenvalue weighted by molar-refractivity contribution is 7.16. The maximum Gasteiger partial charge on any atom is 0.262 e. The van der Waals surface area contributed by atoms with E-state index in [0.717, 1.165) is 5.69 Å². The van der Waals surface area contributed by atoms with Crippen molar-refractivity contribution in [3.8, 4) is 5.69 Å². The van der Waals surface area contributed by atoms with Crippen LogP contribution in [0.2, 0.25) is 0 Å². The van der Waals surface area contributed by atoms with E-state index in [-0.39, 0.29) is 24.4 Å². The van der Waals surface area contributed by atoms with Crippen molar-refractivity contribution in [1.29, 1.82) is 0 Å². The third kappa shape index (κ3) is 3.24. The molecule has 1 amide bonds. The van der Waals surface area contributed by atoms with Crippen LogP contribution in [0, 0.1) is 0 Å². The van der Waals surface area contributed by atoms with Crippen LogP contribution in [0.5, 0.6) is 0 Å². The Labute approximate surface area is 151 Å². The molecule has 4 rings (SSSR count). The van der Waals surface area contributed by atoms with E-state index in [4.69, 9.17) is 0 Å². The zero-order chi connectivity index (χ0) is 17.9. The first kappa shape index (κ1) is 16.2. The van der Waals surface area contributed by atoms with Crippen LogP contribution < -0.4 is 10.9 Å². The number of nitrogens with zero attached hydrogens (tertiary/aromatic N) is 5. The van der Waals surface area contributed by atoms with Gasteiger partial charge in [0, 0.05) is 18.7 Å². The second-order valence-corrected chi connectivity index (χ2v) is 6.46. The van der Waals surface area contributed by atoms with Crippen molar-refractivity contribution in [2.24, 2.45) is 0 Å². The second kappa shape index (κ2) is 6.89. The number of carbonyl (C=O) groups excluding carboxylic acids is 1. The van der Waals surface area contributed by atoms with Crippen LogP contribution in [0.4, 0.5) is 5.69 Å². The molecule has 0 spiro atoms. The SMILES string of the molecule is O=C(CCn1cnc2sccc2c1=O)Nc1ccc(-n2cncn2)cc1. The fourth-order valence-electron chi connectivity index (χ4n) is 2.54. The van der Waals surface area contributed by atoms with Gasteiger partial charge in [0.1, 0.15) is 17.5 Å². The van der Waals surface area contributed by atoms with E-state index in [1.807, 2.05) is 17.5 Å². The van der Waals surface area contributed by atoms with Gasteiger partial charge in [-0.25, -0.2) is 14.6 Å². The van der Waals surface area contributed by atoms with Gasteiger partial charge in [0.2, 0.25) is 5.91 Å². The van der Waals surface area contributed by atoms with Gasteiger partial charge >= 0.3 is 0 Å². The van der Waals surface area contributed by atoms with Gasteiger partial charge in [0.25, 0.3) is 5.56 Å². The fourth-order valence-corrected chi connectivity index (χ4v) is 3.26. The van der Waals surface area contributed by atoms with Crippen molar-refractivity contribution < 1.29 is 4.79 Å². The number of amides is 1. The lowest BCUT2D eigenvalue weighted by Crippen LogP contribution is -2.23. The summed E-state index contributed by atoms with van der Waals surface area (Å²) in [6, 6.07) is 9.01. The summed E-state index contributed by atoms with van der Waals surface area (Å²) in [4.78, 5) is 33.3. The van der Waals surface area contributed by atoms with Gasteiger partial charge in [0.05, 0.1) is 17.4 Å². The van der Waals surface area contributed by atoms with E-state index in [1.165, 1.54) is 28.6 Å². The summed E-state index contributed by atoms with van der Waals surface area (Å²) < 4.78 is 3.09. The molecule has 0 saturated carbocycles. The molecule has 26 heavy (non-hydrogen) atoms. The predicted molar refractivity (Wildman–Crippen MR) is 98.5 cm³/mol. The maximum atomic E-state index is 12.3. The van der Waals surface area contributed by atoms with Crippen molar-refractivity contribution >= 4 is 33.1 Å². The summed E-state index contributed by atoms with van der Waals surface area (Å²) >= 11 is 1.42. The maximum absolute atomic E-state index is 12.3. The van der Waals surface area contributed by atoms with Crippen LogP contribution in [0.1, 0.15) is 6.42 Å². The summed E-state index contributed by atoms with van der Waals surface area (Å²) in [7, 11) is 0. The number of rotatable bonds is 5. The molecule has 1 aromatic carbocycles. The Morgan fingerprint density at radius 3 is 2.77 bits per heavy atom. The normalized spacial score (nSPS) is 10.9. The predicted octanol–water partition coefficient (Wildman–Crippen LogP) is 2.07. The van der Waals surface area contributed by atoms with Crippen LogP contribution in [0.15, 0.2) is 59.5 Å². The Kier molecular flexibility index (Phi) is 4.28. The highest BCUT2D eigenvalue weighted by atomic mass is 32.1. The quantitative estimate of drug-likeness (QED) is 0.583. The Bertz CT molecular complexity index is 1100. The first-order valence-electron chi connectivity index (χ1n) is 7.88. The van der Waals surface area contributed by atoms with Gasteiger partial charge in [-0.1, -0.05) is 0 Å². The highest BCUT2D eigenvalue weighted by Crippen LogP contribution is 2.14. The van der Waals surface area contributed by atoms with Gasteiger partial charge in [-0.05, 0) is 35.7 Å². The molecule has 0 aliphatic rings. The molecule has 3 heterocycles. The van der Waals surface area contributed by atoms with E-state index in [1.54, 1.807) is 29.2 Å². The zero-order valence-electron chi connectivity index (χ0n) is 13.6. The molecule has 3 aromatic heterocycles. The number of thiophene rings is 1. The molecular weight excluding hydrogens is 352 g/mol. The molecule has 0 aliphatic carbocycles. The molecule has 0 radical (unpaired) electrons. The lowest BCUT2D eigenvalue weighted by molar-refractivity contribution is -0.116. The molecule has 0 unspecified atom stereocenters. The number of hydrogen-bond donors (Lipinski definition) is 1. The molecule has 0 aliphatic heterocycles. The number of anilines is 1. The number of nitrogens with one attached hydrogen (secondary N) is 1. The fraction of sp³-hybridized carbons (Fsp3) is 0.118. The monoisotopic (exact) mass is 366 g/mol. The number of fused-ring (bicyclic) bond motifs is 1. The van der Waals surface area contributed by atoms with Crippen LogP contribution in [0.25, 0.3) is 15.9 Å². The first-order valence-corrected chi connectivity index (χ1v) is 8.76. The lowest BCUT2D eigenvalue weighted by Gasteiger charge is -2.08. The number of hydrogen-bond acceptors (Lipinski definition) is 6. The van der Waals surface area contributed by atoms with Crippen molar-refractivity contribution in [3.63, 3.8) is 0 Å². The van der Waals surface area contributed by atoms with E-state index in [9.17, 15) is 9.59 Å². The van der Waals surface area contributed by atoms with Crippen LogP contribution in [-0.4, -0.2) is 30.2 Å². The Morgan fingerprint density at radius 2 is 2.00 bits per heavy atom. The molecule has 9 heteroatoms.